The molecule has 0 unspecified atom stereocenters. The van der Waals surface area contributed by atoms with E-state index in [0.29, 0.717) is 17.6 Å². The maximum absolute atomic E-state index is 12.0. The number of carbonyl (C=O) groups is 1. The average molecular weight is 271 g/mol. The van der Waals surface area contributed by atoms with Gasteiger partial charge in [-0.3, -0.25) is 9.89 Å². The second-order valence-corrected chi connectivity index (χ2v) is 4.32. The van der Waals surface area contributed by atoms with Crippen molar-refractivity contribution in [3.63, 3.8) is 0 Å². The van der Waals surface area contributed by atoms with E-state index < -0.39 is 0 Å². The summed E-state index contributed by atoms with van der Waals surface area (Å²) in [5.74, 6) is 0.704. The fourth-order valence-electron chi connectivity index (χ4n) is 1.89. The summed E-state index contributed by atoms with van der Waals surface area (Å²) in [5.41, 5.74) is 2.00. The molecule has 2 aromatic heterocycles. The van der Waals surface area contributed by atoms with Crippen molar-refractivity contribution in [3.05, 3.63) is 35.9 Å². The third kappa shape index (κ3) is 2.63. The van der Waals surface area contributed by atoms with Crippen LogP contribution in [-0.4, -0.2) is 43.0 Å². The summed E-state index contributed by atoms with van der Waals surface area (Å²) >= 11 is 0. The third-order valence-corrected chi connectivity index (χ3v) is 2.92. The quantitative estimate of drug-likeness (QED) is 0.583. The second kappa shape index (κ2) is 5.47. The van der Waals surface area contributed by atoms with Crippen molar-refractivity contribution in [2.75, 3.05) is 6.54 Å². The van der Waals surface area contributed by atoms with Gasteiger partial charge in [0.05, 0.1) is 0 Å². The summed E-state index contributed by atoms with van der Waals surface area (Å²) in [4.78, 5) is 16.0. The van der Waals surface area contributed by atoms with Crippen LogP contribution in [0.1, 0.15) is 22.6 Å². The third-order valence-electron chi connectivity index (χ3n) is 2.92. The Bertz CT molecular complexity index is 704. The lowest BCUT2D eigenvalue weighted by atomic mass is 10.2. The molecule has 0 bridgehead atoms. The standard InChI is InChI=1S/C12H13N7O/c20-12(13-5-1-2-11-14-7-15-18-11)8-3-4-9-10(6-8)17-19-16-9/h3-4,6-7H,1-2,5H2,(H,13,20)(H,14,15,18)(H,16,17,19). The number of aryl methyl sites for hydroxylation is 1. The van der Waals surface area contributed by atoms with Crippen molar-refractivity contribution >= 4 is 16.9 Å². The van der Waals surface area contributed by atoms with Crippen LogP contribution in [0.3, 0.4) is 0 Å². The minimum Gasteiger partial charge on any atom is -0.352 e. The first kappa shape index (κ1) is 12.3. The minimum atomic E-state index is -0.118. The van der Waals surface area contributed by atoms with Gasteiger partial charge in [-0.15, -0.1) is 0 Å². The topological polar surface area (TPSA) is 112 Å². The van der Waals surface area contributed by atoms with E-state index in [1.54, 1.807) is 18.2 Å². The molecule has 0 aliphatic carbocycles. The number of hydrogen-bond acceptors (Lipinski definition) is 5. The van der Waals surface area contributed by atoms with E-state index in [2.05, 4.69) is 35.9 Å². The Morgan fingerprint density at radius 2 is 2.15 bits per heavy atom. The number of carbonyl (C=O) groups excluding carboxylic acids is 1. The van der Waals surface area contributed by atoms with Gasteiger partial charge in [0.1, 0.15) is 23.2 Å². The summed E-state index contributed by atoms with van der Waals surface area (Å²) in [5, 5.41) is 19.8. The zero-order chi connectivity index (χ0) is 13.8. The van der Waals surface area contributed by atoms with Gasteiger partial charge >= 0.3 is 0 Å². The van der Waals surface area contributed by atoms with E-state index in [9.17, 15) is 4.79 Å². The molecule has 0 spiro atoms. The minimum absolute atomic E-state index is 0.118. The summed E-state index contributed by atoms with van der Waals surface area (Å²) < 4.78 is 0. The zero-order valence-corrected chi connectivity index (χ0v) is 10.6. The van der Waals surface area contributed by atoms with Crippen LogP contribution in [-0.2, 0) is 6.42 Å². The molecule has 102 valence electrons. The van der Waals surface area contributed by atoms with Gasteiger partial charge in [-0.25, -0.2) is 4.98 Å². The van der Waals surface area contributed by atoms with Crippen LogP contribution in [0.5, 0.6) is 0 Å². The van der Waals surface area contributed by atoms with Gasteiger partial charge in [0.15, 0.2) is 0 Å². The van der Waals surface area contributed by atoms with Crippen LogP contribution < -0.4 is 5.32 Å². The van der Waals surface area contributed by atoms with E-state index in [1.165, 1.54) is 6.33 Å². The first-order chi connectivity index (χ1) is 9.83. The molecular formula is C12H13N7O. The number of amides is 1. The molecule has 3 aromatic rings. The van der Waals surface area contributed by atoms with Gasteiger partial charge in [0.2, 0.25) is 0 Å². The molecule has 2 heterocycles. The fourth-order valence-corrected chi connectivity index (χ4v) is 1.89. The van der Waals surface area contributed by atoms with E-state index >= 15 is 0 Å². The van der Waals surface area contributed by atoms with Crippen molar-refractivity contribution in [2.45, 2.75) is 12.8 Å². The lowest BCUT2D eigenvalue weighted by molar-refractivity contribution is 0.0953. The van der Waals surface area contributed by atoms with Gasteiger partial charge in [-0.05, 0) is 24.6 Å². The van der Waals surface area contributed by atoms with Crippen molar-refractivity contribution in [1.82, 2.24) is 35.9 Å². The number of aromatic amines is 2. The molecule has 0 fully saturated rings. The number of benzene rings is 1. The van der Waals surface area contributed by atoms with Gasteiger partial charge in [-0.1, -0.05) is 0 Å². The molecule has 3 rings (SSSR count). The zero-order valence-electron chi connectivity index (χ0n) is 10.6. The Kier molecular flexibility index (Phi) is 3.36. The molecule has 0 saturated carbocycles. The Morgan fingerprint density at radius 1 is 1.25 bits per heavy atom. The largest absolute Gasteiger partial charge is 0.352 e. The Hall–Kier alpha value is -2.77. The fraction of sp³-hybridized carbons (Fsp3) is 0.250. The molecule has 1 amide bonds. The average Bonchev–Trinajstić information content (AvgIpc) is 3.13. The highest BCUT2D eigenvalue weighted by Crippen LogP contribution is 2.10. The van der Waals surface area contributed by atoms with Crippen LogP contribution in [0.25, 0.3) is 11.0 Å². The van der Waals surface area contributed by atoms with Gasteiger partial charge < -0.3 is 5.32 Å². The Morgan fingerprint density at radius 3 is 3.00 bits per heavy atom. The van der Waals surface area contributed by atoms with Crippen LogP contribution in [0.15, 0.2) is 24.5 Å². The predicted molar refractivity (Wildman–Crippen MR) is 70.9 cm³/mol. The number of H-pyrrole nitrogens is 2. The highest BCUT2D eigenvalue weighted by Gasteiger charge is 2.07. The van der Waals surface area contributed by atoms with Crippen LogP contribution in [0.4, 0.5) is 0 Å². The molecule has 8 heteroatoms. The van der Waals surface area contributed by atoms with Crippen molar-refractivity contribution < 1.29 is 4.79 Å². The second-order valence-electron chi connectivity index (χ2n) is 4.32. The normalized spacial score (nSPS) is 10.8. The molecular weight excluding hydrogens is 258 g/mol. The van der Waals surface area contributed by atoms with Crippen LogP contribution in [0.2, 0.25) is 0 Å². The number of rotatable bonds is 5. The highest BCUT2D eigenvalue weighted by atomic mass is 16.1. The summed E-state index contributed by atoms with van der Waals surface area (Å²) in [6, 6.07) is 5.21. The van der Waals surface area contributed by atoms with Gasteiger partial charge in [0, 0.05) is 18.5 Å². The smallest absolute Gasteiger partial charge is 0.251 e. The van der Waals surface area contributed by atoms with E-state index in [-0.39, 0.29) is 5.91 Å². The molecule has 0 saturated heterocycles. The number of fused-ring (bicyclic) bond motifs is 1. The molecule has 0 radical (unpaired) electrons. The maximum Gasteiger partial charge on any atom is 0.251 e. The van der Waals surface area contributed by atoms with Crippen molar-refractivity contribution in [1.29, 1.82) is 0 Å². The lowest BCUT2D eigenvalue weighted by Gasteiger charge is -2.04. The number of hydrogen-bond donors (Lipinski definition) is 3. The first-order valence-corrected chi connectivity index (χ1v) is 6.26. The van der Waals surface area contributed by atoms with E-state index in [4.69, 9.17) is 0 Å². The maximum atomic E-state index is 12.0. The summed E-state index contributed by atoms with van der Waals surface area (Å²) in [6.07, 6.45) is 3.02. The Labute approximate surface area is 114 Å². The van der Waals surface area contributed by atoms with Crippen LogP contribution in [0, 0.1) is 0 Å². The molecule has 0 aliphatic heterocycles. The van der Waals surface area contributed by atoms with Crippen molar-refractivity contribution in [2.24, 2.45) is 0 Å². The van der Waals surface area contributed by atoms with Gasteiger partial charge in [-0.2, -0.15) is 20.5 Å². The number of aromatic nitrogens is 6. The Balaban J connectivity index is 1.53. The van der Waals surface area contributed by atoms with E-state index in [1.807, 2.05) is 0 Å². The molecule has 8 nitrogen and oxygen atoms in total. The molecule has 0 aliphatic rings. The lowest BCUT2D eigenvalue weighted by Crippen LogP contribution is -2.24. The van der Waals surface area contributed by atoms with Crippen molar-refractivity contribution in [3.8, 4) is 0 Å². The summed E-state index contributed by atoms with van der Waals surface area (Å²) in [7, 11) is 0. The highest BCUT2D eigenvalue weighted by molar-refractivity contribution is 5.97. The monoisotopic (exact) mass is 271 g/mol. The van der Waals surface area contributed by atoms with E-state index in [0.717, 1.165) is 24.2 Å². The first-order valence-electron chi connectivity index (χ1n) is 6.26. The molecule has 1 aromatic carbocycles. The number of nitrogens with one attached hydrogen (secondary N) is 3. The molecule has 20 heavy (non-hydrogen) atoms. The SMILES string of the molecule is O=C(NCCCc1ncn[nH]1)c1ccc2n[nH]nc2c1. The van der Waals surface area contributed by atoms with Gasteiger partial charge in [0.25, 0.3) is 5.91 Å². The number of nitrogens with zero attached hydrogens (tertiary/aromatic N) is 4. The molecule has 3 N–H and O–H groups in total. The molecule has 0 atom stereocenters. The summed E-state index contributed by atoms with van der Waals surface area (Å²) in [6.45, 7) is 0.580. The van der Waals surface area contributed by atoms with Crippen LogP contribution >= 0.6 is 0 Å². The predicted octanol–water partition coefficient (Wildman–Crippen LogP) is 0.439.